The van der Waals surface area contributed by atoms with E-state index in [1.54, 1.807) is 0 Å². The molecule has 1 rings (SSSR count). The van der Waals surface area contributed by atoms with E-state index in [9.17, 15) is 4.79 Å². The number of likely N-dealkylation sites (tertiary alicyclic amines) is 1. The number of hydrogen-bond acceptors (Lipinski definition) is 2. The first-order valence-corrected chi connectivity index (χ1v) is 5.80. The molecule has 1 amide bonds. The van der Waals surface area contributed by atoms with E-state index >= 15 is 0 Å². The Hall–Kier alpha value is -0.570. The molecule has 1 fully saturated rings. The quantitative estimate of drug-likeness (QED) is 0.747. The Morgan fingerprint density at radius 2 is 1.86 bits per heavy atom. The van der Waals surface area contributed by atoms with Crippen LogP contribution in [0.5, 0.6) is 0 Å². The molecule has 82 valence electrons. The fourth-order valence-electron chi connectivity index (χ4n) is 1.96. The van der Waals surface area contributed by atoms with Gasteiger partial charge in [-0.2, -0.15) is 0 Å². The van der Waals surface area contributed by atoms with Crippen molar-refractivity contribution in [2.45, 2.75) is 51.5 Å². The summed E-state index contributed by atoms with van der Waals surface area (Å²) in [4.78, 5) is 13.8. The summed E-state index contributed by atoms with van der Waals surface area (Å²) in [5.41, 5.74) is 5.82. The lowest BCUT2D eigenvalue weighted by molar-refractivity contribution is -0.132. The minimum Gasteiger partial charge on any atom is -0.341 e. The summed E-state index contributed by atoms with van der Waals surface area (Å²) >= 11 is 0. The summed E-state index contributed by atoms with van der Waals surface area (Å²) in [6, 6.07) is -0.266. The van der Waals surface area contributed by atoms with Crippen molar-refractivity contribution >= 4 is 5.91 Å². The third kappa shape index (κ3) is 3.29. The van der Waals surface area contributed by atoms with Crippen LogP contribution in [0.15, 0.2) is 0 Å². The predicted molar refractivity (Wildman–Crippen MR) is 57.9 cm³/mol. The lowest BCUT2D eigenvalue weighted by Gasteiger charge is -2.23. The van der Waals surface area contributed by atoms with Gasteiger partial charge in [-0.25, -0.2) is 0 Å². The summed E-state index contributed by atoms with van der Waals surface area (Å²) in [7, 11) is 0. The van der Waals surface area contributed by atoms with Crippen LogP contribution in [0.2, 0.25) is 0 Å². The first-order chi connectivity index (χ1) is 6.75. The molecule has 3 heteroatoms. The molecule has 0 aromatic heterocycles. The fraction of sp³-hybridized carbons (Fsp3) is 0.909. The third-order valence-electron chi connectivity index (χ3n) is 2.83. The van der Waals surface area contributed by atoms with E-state index in [1.807, 2.05) is 4.90 Å². The summed E-state index contributed by atoms with van der Waals surface area (Å²) in [6.45, 7) is 3.89. The van der Waals surface area contributed by atoms with Crippen molar-refractivity contribution in [2.75, 3.05) is 13.1 Å². The monoisotopic (exact) mass is 198 g/mol. The van der Waals surface area contributed by atoms with Crippen LogP contribution in [0, 0.1) is 0 Å². The SMILES string of the molecule is CCC[C@H](N)C(=O)N1CCCCCC1. The molecule has 2 N–H and O–H groups in total. The van der Waals surface area contributed by atoms with E-state index in [1.165, 1.54) is 12.8 Å². The van der Waals surface area contributed by atoms with Gasteiger partial charge in [-0.1, -0.05) is 26.2 Å². The standard InChI is InChI=1S/C11H22N2O/c1-2-7-10(12)11(14)13-8-5-3-4-6-9-13/h10H,2-9,12H2,1H3/t10-/m0/s1. The van der Waals surface area contributed by atoms with Crippen LogP contribution in [0.1, 0.15) is 45.4 Å². The first kappa shape index (κ1) is 11.5. The molecule has 0 aromatic carbocycles. The second-order valence-corrected chi connectivity index (χ2v) is 4.13. The van der Waals surface area contributed by atoms with Gasteiger partial charge < -0.3 is 10.6 Å². The number of nitrogens with zero attached hydrogens (tertiary/aromatic N) is 1. The Bertz CT molecular complexity index is 174. The predicted octanol–water partition coefficient (Wildman–Crippen LogP) is 1.52. The van der Waals surface area contributed by atoms with E-state index in [0.717, 1.165) is 38.8 Å². The van der Waals surface area contributed by atoms with Crippen molar-refractivity contribution in [2.24, 2.45) is 5.73 Å². The topological polar surface area (TPSA) is 46.3 Å². The van der Waals surface area contributed by atoms with Gasteiger partial charge in [-0.3, -0.25) is 4.79 Å². The summed E-state index contributed by atoms with van der Waals surface area (Å²) < 4.78 is 0. The first-order valence-electron chi connectivity index (χ1n) is 5.80. The number of hydrogen-bond donors (Lipinski definition) is 1. The van der Waals surface area contributed by atoms with Crippen LogP contribution in [-0.2, 0) is 4.79 Å². The van der Waals surface area contributed by atoms with E-state index in [4.69, 9.17) is 5.73 Å². The zero-order valence-electron chi connectivity index (χ0n) is 9.17. The largest absolute Gasteiger partial charge is 0.341 e. The van der Waals surface area contributed by atoms with Crippen molar-refractivity contribution in [1.29, 1.82) is 0 Å². The normalized spacial score (nSPS) is 20.3. The minimum atomic E-state index is -0.266. The van der Waals surface area contributed by atoms with Gasteiger partial charge in [0.15, 0.2) is 0 Å². The molecule has 1 saturated heterocycles. The van der Waals surface area contributed by atoms with Crippen molar-refractivity contribution in [3.05, 3.63) is 0 Å². The third-order valence-corrected chi connectivity index (χ3v) is 2.83. The maximum atomic E-state index is 11.8. The minimum absolute atomic E-state index is 0.161. The fourth-order valence-corrected chi connectivity index (χ4v) is 1.96. The lowest BCUT2D eigenvalue weighted by atomic mass is 10.1. The van der Waals surface area contributed by atoms with Crippen LogP contribution >= 0.6 is 0 Å². The van der Waals surface area contributed by atoms with Gasteiger partial charge in [0.25, 0.3) is 0 Å². The van der Waals surface area contributed by atoms with E-state index in [2.05, 4.69) is 6.92 Å². The van der Waals surface area contributed by atoms with Crippen LogP contribution in [0.4, 0.5) is 0 Å². The highest BCUT2D eigenvalue weighted by Crippen LogP contribution is 2.11. The number of amides is 1. The van der Waals surface area contributed by atoms with Crippen LogP contribution in [-0.4, -0.2) is 29.9 Å². The second kappa shape index (κ2) is 6.02. The van der Waals surface area contributed by atoms with Crippen LogP contribution in [0.25, 0.3) is 0 Å². The summed E-state index contributed by atoms with van der Waals surface area (Å²) in [6.07, 6.45) is 6.60. The van der Waals surface area contributed by atoms with Crippen molar-refractivity contribution in [3.63, 3.8) is 0 Å². The van der Waals surface area contributed by atoms with Gasteiger partial charge in [0, 0.05) is 13.1 Å². The molecule has 1 aliphatic rings. The molecular weight excluding hydrogens is 176 g/mol. The van der Waals surface area contributed by atoms with Gasteiger partial charge in [-0.05, 0) is 19.3 Å². The molecule has 0 saturated carbocycles. The lowest BCUT2D eigenvalue weighted by Crippen LogP contribution is -2.44. The smallest absolute Gasteiger partial charge is 0.239 e. The number of nitrogens with two attached hydrogens (primary N) is 1. The van der Waals surface area contributed by atoms with Crippen molar-refractivity contribution in [3.8, 4) is 0 Å². The summed E-state index contributed by atoms with van der Waals surface area (Å²) in [5.74, 6) is 0.161. The maximum Gasteiger partial charge on any atom is 0.239 e. The average Bonchev–Trinajstić information content (AvgIpc) is 2.45. The van der Waals surface area contributed by atoms with Gasteiger partial charge in [0.1, 0.15) is 0 Å². The Labute approximate surface area is 86.6 Å². The van der Waals surface area contributed by atoms with E-state index in [-0.39, 0.29) is 11.9 Å². The second-order valence-electron chi connectivity index (χ2n) is 4.13. The van der Waals surface area contributed by atoms with Crippen LogP contribution < -0.4 is 5.73 Å². The van der Waals surface area contributed by atoms with Gasteiger partial charge in [0.2, 0.25) is 5.91 Å². The Morgan fingerprint density at radius 3 is 2.36 bits per heavy atom. The molecule has 3 nitrogen and oxygen atoms in total. The molecule has 0 spiro atoms. The maximum absolute atomic E-state index is 11.8. The Morgan fingerprint density at radius 1 is 1.29 bits per heavy atom. The van der Waals surface area contributed by atoms with Gasteiger partial charge >= 0.3 is 0 Å². The highest BCUT2D eigenvalue weighted by Gasteiger charge is 2.20. The van der Waals surface area contributed by atoms with Crippen molar-refractivity contribution < 1.29 is 4.79 Å². The molecule has 0 aromatic rings. The summed E-state index contributed by atoms with van der Waals surface area (Å²) in [5, 5.41) is 0. The van der Waals surface area contributed by atoms with Crippen molar-refractivity contribution in [1.82, 2.24) is 4.90 Å². The molecule has 1 heterocycles. The van der Waals surface area contributed by atoms with E-state index in [0.29, 0.717) is 0 Å². The highest BCUT2D eigenvalue weighted by atomic mass is 16.2. The van der Waals surface area contributed by atoms with Gasteiger partial charge in [-0.15, -0.1) is 0 Å². The molecule has 0 radical (unpaired) electrons. The number of carbonyl (C=O) groups excluding carboxylic acids is 1. The Kier molecular flexibility index (Phi) is 4.94. The molecule has 0 bridgehead atoms. The molecule has 14 heavy (non-hydrogen) atoms. The van der Waals surface area contributed by atoms with E-state index < -0.39 is 0 Å². The van der Waals surface area contributed by atoms with Crippen LogP contribution in [0.3, 0.4) is 0 Å². The number of rotatable bonds is 3. The number of carbonyl (C=O) groups is 1. The zero-order chi connectivity index (χ0) is 10.4. The average molecular weight is 198 g/mol. The molecule has 1 atom stereocenters. The molecule has 0 unspecified atom stereocenters. The molecule has 1 aliphatic heterocycles. The van der Waals surface area contributed by atoms with Gasteiger partial charge in [0.05, 0.1) is 6.04 Å². The molecular formula is C11H22N2O. The molecule has 0 aliphatic carbocycles. The Balaban J connectivity index is 2.40. The zero-order valence-corrected chi connectivity index (χ0v) is 9.17. The highest BCUT2D eigenvalue weighted by molar-refractivity contribution is 5.81.